The van der Waals surface area contributed by atoms with E-state index in [0.29, 0.717) is 36.1 Å². The number of thiophene rings is 1. The lowest BCUT2D eigenvalue weighted by molar-refractivity contribution is 0.0788. The maximum atomic E-state index is 12.5. The van der Waals surface area contributed by atoms with E-state index in [-0.39, 0.29) is 5.91 Å². The van der Waals surface area contributed by atoms with E-state index in [9.17, 15) is 4.79 Å². The smallest absolute Gasteiger partial charge is 0.256 e. The normalized spacial score (nSPS) is 13.8. The zero-order chi connectivity index (χ0) is 18.3. The Hall–Kier alpha value is -2.52. The molecule has 3 aromatic heterocycles. The van der Waals surface area contributed by atoms with Gasteiger partial charge < -0.3 is 9.42 Å². The number of carbonyl (C=O) groups excluding carboxylic acids is 1. The van der Waals surface area contributed by atoms with Gasteiger partial charge in [0.2, 0.25) is 11.7 Å². The van der Waals surface area contributed by atoms with Gasteiger partial charge in [-0.15, -0.1) is 11.3 Å². The summed E-state index contributed by atoms with van der Waals surface area (Å²) >= 11 is 1.52. The van der Waals surface area contributed by atoms with Gasteiger partial charge in [-0.3, -0.25) is 14.3 Å². The molecule has 0 saturated heterocycles. The molecule has 136 valence electrons. The Kier molecular flexibility index (Phi) is 4.33. The summed E-state index contributed by atoms with van der Waals surface area (Å²) < 4.78 is 7.37. The van der Waals surface area contributed by atoms with Gasteiger partial charge in [0.05, 0.1) is 24.3 Å². The largest absolute Gasteiger partial charge is 0.337 e. The summed E-state index contributed by atoms with van der Waals surface area (Å²) in [4.78, 5) is 25.5. The molecule has 0 bridgehead atoms. The number of carbonyl (C=O) groups is 1. The Balaban J connectivity index is 1.72. The Morgan fingerprint density at radius 2 is 2.15 bits per heavy atom. The second-order valence-corrected chi connectivity index (χ2v) is 7.08. The summed E-state index contributed by atoms with van der Waals surface area (Å²) in [6.07, 6.45) is 1.73. The van der Waals surface area contributed by atoms with E-state index in [4.69, 9.17) is 4.52 Å². The van der Waals surface area contributed by atoms with Crippen molar-refractivity contribution in [3.8, 4) is 16.5 Å². The molecule has 4 rings (SSSR count). The van der Waals surface area contributed by atoms with E-state index >= 15 is 0 Å². The van der Waals surface area contributed by atoms with E-state index in [0.717, 1.165) is 23.8 Å². The van der Waals surface area contributed by atoms with Crippen LogP contribution in [0.1, 0.15) is 35.8 Å². The molecule has 9 heteroatoms. The fourth-order valence-electron chi connectivity index (χ4n) is 3.09. The Morgan fingerprint density at radius 3 is 2.92 bits per heavy atom. The Morgan fingerprint density at radius 1 is 1.35 bits per heavy atom. The summed E-state index contributed by atoms with van der Waals surface area (Å²) in [6.45, 7) is 7.09. The van der Waals surface area contributed by atoms with E-state index in [2.05, 4.69) is 33.9 Å². The van der Waals surface area contributed by atoms with Crippen LogP contribution < -0.4 is 0 Å². The monoisotopic (exact) mass is 372 g/mol. The zero-order valence-corrected chi connectivity index (χ0v) is 15.8. The molecule has 0 atom stereocenters. The summed E-state index contributed by atoms with van der Waals surface area (Å²) in [6, 6.07) is 1.85. The number of imidazole rings is 1. The van der Waals surface area contributed by atoms with Crippen LogP contribution in [-0.4, -0.2) is 55.5 Å². The molecule has 0 N–H and O–H groups in total. The molecule has 8 nitrogen and oxygen atoms in total. The molecular weight excluding hydrogens is 352 g/mol. The van der Waals surface area contributed by atoms with Crippen molar-refractivity contribution in [1.82, 2.24) is 29.5 Å². The minimum atomic E-state index is 0.00577. The number of nitrogens with zero attached hydrogens (tertiary/aromatic N) is 6. The van der Waals surface area contributed by atoms with Gasteiger partial charge in [0, 0.05) is 7.05 Å². The fourth-order valence-corrected chi connectivity index (χ4v) is 3.98. The first-order valence-electron chi connectivity index (χ1n) is 8.57. The van der Waals surface area contributed by atoms with Gasteiger partial charge in [0.15, 0.2) is 0 Å². The van der Waals surface area contributed by atoms with Gasteiger partial charge in [-0.2, -0.15) is 4.98 Å². The lowest BCUT2D eigenvalue weighted by Gasteiger charge is -2.14. The molecule has 1 aliphatic heterocycles. The Bertz CT molecular complexity index is 939. The van der Waals surface area contributed by atoms with Crippen LogP contribution in [0.4, 0.5) is 0 Å². The summed E-state index contributed by atoms with van der Waals surface area (Å²) in [5.41, 5.74) is 2.23. The first-order chi connectivity index (χ1) is 12.6. The van der Waals surface area contributed by atoms with E-state index in [1.165, 1.54) is 11.3 Å². The molecule has 0 saturated carbocycles. The predicted octanol–water partition coefficient (Wildman–Crippen LogP) is 2.41. The highest BCUT2D eigenvalue weighted by Crippen LogP contribution is 2.32. The van der Waals surface area contributed by atoms with Crippen LogP contribution in [0.15, 0.2) is 22.3 Å². The molecule has 0 unspecified atom stereocenters. The molecule has 1 aliphatic rings. The van der Waals surface area contributed by atoms with Crippen LogP contribution in [-0.2, 0) is 13.1 Å². The predicted molar refractivity (Wildman–Crippen MR) is 97.2 cm³/mol. The summed E-state index contributed by atoms with van der Waals surface area (Å²) in [5, 5.41) is 6.91. The van der Waals surface area contributed by atoms with Crippen molar-refractivity contribution in [1.29, 1.82) is 0 Å². The van der Waals surface area contributed by atoms with Crippen molar-refractivity contribution < 1.29 is 9.32 Å². The SMILES string of the molecule is CCN(CC)Cc1nc(-c2ncn3c2CN(C)C(=O)c2ccsc2-3)no1. The molecule has 0 radical (unpaired) electrons. The maximum Gasteiger partial charge on any atom is 0.256 e. The van der Waals surface area contributed by atoms with Gasteiger partial charge in [-0.25, -0.2) is 4.98 Å². The standard InChI is InChI=1S/C17H20N6O2S/c1-4-22(5-2)9-13-19-15(20-25-13)14-12-8-21(3)16(24)11-6-7-26-17(11)23(12)10-18-14/h6-7,10H,4-5,8-9H2,1-3H3. The quantitative estimate of drug-likeness (QED) is 0.684. The molecule has 3 aromatic rings. The highest BCUT2D eigenvalue weighted by molar-refractivity contribution is 7.13. The van der Waals surface area contributed by atoms with Gasteiger partial charge in [-0.1, -0.05) is 19.0 Å². The molecule has 0 aromatic carbocycles. The average Bonchev–Trinajstić information content (AvgIpc) is 3.36. The number of fused-ring (bicyclic) bond motifs is 3. The lowest BCUT2D eigenvalue weighted by Crippen LogP contribution is -2.24. The molecule has 0 aliphatic carbocycles. The van der Waals surface area contributed by atoms with Crippen molar-refractivity contribution in [2.45, 2.75) is 26.9 Å². The van der Waals surface area contributed by atoms with Gasteiger partial charge in [0.1, 0.15) is 17.0 Å². The molecule has 26 heavy (non-hydrogen) atoms. The van der Waals surface area contributed by atoms with Crippen LogP contribution in [0, 0.1) is 0 Å². The van der Waals surface area contributed by atoms with Crippen LogP contribution in [0.2, 0.25) is 0 Å². The number of hydrogen-bond donors (Lipinski definition) is 0. The third-order valence-corrected chi connectivity index (χ3v) is 5.54. The van der Waals surface area contributed by atoms with E-state index < -0.39 is 0 Å². The molecule has 0 spiro atoms. The summed E-state index contributed by atoms with van der Waals surface area (Å²) in [7, 11) is 1.79. The van der Waals surface area contributed by atoms with Gasteiger partial charge in [0.25, 0.3) is 5.91 Å². The first kappa shape index (κ1) is 16.9. The maximum absolute atomic E-state index is 12.5. The van der Waals surface area contributed by atoms with Crippen molar-refractivity contribution >= 4 is 17.2 Å². The number of aromatic nitrogens is 4. The third-order valence-electron chi connectivity index (χ3n) is 4.63. The fraction of sp³-hybridized carbons (Fsp3) is 0.412. The van der Waals surface area contributed by atoms with Crippen LogP contribution in [0.3, 0.4) is 0 Å². The highest BCUT2D eigenvalue weighted by Gasteiger charge is 2.29. The van der Waals surface area contributed by atoms with Crippen LogP contribution in [0.5, 0.6) is 0 Å². The second-order valence-electron chi connectivity index (χ2n) is 6.18. The highest BCUT2D eigenvalue weighted by atomic mass is 32.1. The molecule has 0 fully saturated rings. The minimum absolute atomic E-state index is 0.00577. The number of amides is 1. The van der Waals surface area contributed by atoms with Gasteiger partial charge >= 0.3 is 0 Å². The molecule has 4 heterocycles. The van der Waals surface area contributed by atoms with E-state index in [1.807, 2.05) is 16.0 Å². The van der Waals surface area contributed by atoms with Crippen molar-refractivity contribution in [3.05, 3.63) is 34.9 Å². The van der Waals surface area contributed by atoms with Crippen molar-refractivity contribution in [2.75, 3.05) is 20.1 Å². The topological polar surface area (TPSA) is 80.3 Å². The molecule has 1 amide bonds. The number of rotatable bonds is 5. The van der Waals surface area contributed by atoms with E-state index in [1.54, 1.807) is 18.3 Å². The Labute approximate surface area is 155 Å². The summed E-state index contributed by atoms with van der Waals surface area (Å²) in [5.74, 6) is 1.04. The van der Waals surface area contributed by atoms with Gasteiger partial charge in [-0.05, 0) is 24.5 Å². The first-order valence-corrected chi connectivity index (χ1v) is 9.45. The zero-order valence-electron chi connectivity index (χ0n) is 15.0. The lowest BCUT2D eigenvalue weighted by atomic mass is 10.3. The van der Waals surface area contributed by atoms with Crippen LogP contribution >= 0.6 is 11.3 Å². The molecular formula is C17H20N6O2S. The number of hydrogen-bond acceptors (Lipinski definition) is 7. The average molecular weight is 372 g/mol. The third kappa shape index (κ3) is 2.73. The second kappa shape index (κ2) is 6.65. The van der Waals surface area contributed by atoms with Crippen molar-refractivity contribution in [3.63, 3.8) is 0 Å². The van der Waals surface area contributed by atoms with Crippen molar-refractivity contribution in [2.24, 2.45) is 0 Å². The minimum Gasteiger partial charge on any atom is -0.337 e. The van der Waals surface area contributed by atoms with Crippen LogP contribution in [0.25, 0.3) is 16.5 Å².